The quantitative estimate of drug-likeness (QED) is 0.203. The summed E-state index contributed by atoms with van der Waals surface area (Å²) in [5.41, 5.74) is 1.50. The van der Waals surface area contributed by atoms with E-state index in [0.717, 1.165) is 0 Å². The summed E-state index contributed by atoms with van der Waals surface area (Å²) in [5, 5.41) is 0. The molecule has 0 heterocycles. The molecule has 0 amide bonds. The molecule has 1 rings (SSSR count). The predicted molar refractivity (Wildman–Crippen MR) is 82.0 cm³/mol. The Morgan fingerprint density at radius 3 is 1.52 bits per heavy atom. The van der Waals surface area contributed by atoms with Crippen molar-refractivity contribution >= 4 is 0 Å². The van der Waals surface area contributed by atoms with E-state index in [2.05, 4.69) is 37.3 Å². The van der Waals surface area contributed by atoms with E-state index in [0.29, 0.717) is 0 Å². The molecule has 0 saturated heterocycles. The third kappa shape index (κ3) is 22.8. The van der Waals surface area contributed by atoms with Crippen LogP contribution in [-0.2, 0) is 6.42 Å². The maximum absolute atomic E-state index is 8.57. The monoisotopic (exact) mass is 444 g/mol. The molecule has 0 aliphatic heterocycles. The summed E-state index contributed by atoms with van der Waals surface area (Å²) in [6.07, 6.45) is 15.5. The molecule has 0 bridgehead atoms. The van der Waals surface area contributed by atoms with Crippen molar-refractivity contribution in [2.45, 2.75) is 77.6 Å². The Morgan fingerprint density at radius 2 is 1.09 bits per heavy atom. The van der Waals surface area contributed by atoms with Gasteiger partial charge in [-0.2, -0.15) is 0 Å². The van der Waals surface area contributed by atoms with E-state index in [1.54, 1.807) is 0 Å². The van der Waals surface area contributed by atoms with E-state index in [-0.39, 0.29) is 29.6 Å². The normalized spacial score (nSPS) is 9.96. The number of hydrogen-bond acceptors (Lipinski definition) is 3. The molecule has 0 fully saturated rings. The number of rotatable bonds is 11. The standard InChI is InChI=1S/C18H30.IO3.Na/c1-2-3-4-5-6-7-8-9-10-12-15-18-16-13-11-14-17-18;2-1(3)4;/h11,13-14,16-17H,2-10,12,15H2,1H3;;/q;-1;+1. The molecule has 5 heteroatoms. The van der Waals surface area contributed by atoms with Gasteiger partial charge in [0.1, 0.15) is 0 Å². The van der Waals surface area contributed by atoms with Crippen LogP contribution in [0, 0.1) is 0 Å². The van der Waals surface area contributed by atoms with Gasteiger partial charge in [0, 0.05) is 0 Å². The van der Waals surface area contributed by atoms with Crippen LogP contribution in [0.5, 0.6) is 0 Å². The summed E-state index contributed by atoms with van der Waals surface area (Å²) in [6, 6.07) is 10.9. The Bertz CT molecular complexity index is 321. The zero-order chi connectivity index (χ0) is 16.5. The Kier molecular flexibility index (Phi) is 23.7. The predicted octanol–water partition coefficient (Wildman–Crippen LogP) is -3.41. The number of unbranched alkanes of at least 4 members (excludes halogenated alkanes) is 9. The Balaban J connectivity index is 0. The van der Waals surface area contributed by atoms with Crippen molar-refractivity contribution in [2.24, 2.45) is 0 Å². The molecule has 23 heavy (non-hydrogen) atoms. The molecular formula is C18H30INaO3. The van der Waals surface area contributed by atoms with Gasteiger partial charge < -0.3 is 10.3 Å². The van der Waals surface area contributed by atoms with Crippen LogP contribution >= 0.6 is 0 Å². The molecular weight excluding hydrogens is 414 g/mol. The summed E-state index contributed by atoms with van der Waals surface area (Å²) in [5.74, 6) is 0. The molecule has 0 aromatic heterocycles. The van der Waals surface area contributed by atoms with Crippen molar-refractivity contribution in [3.8, 4) is 0 Å². The molecule has 0 aliphatic rings. The van der Waals surface area contributed by atoms with Gasteiger partial charge in [0.05, 0.1) is 0 Å². The molecule has 0 atom stereocenters. The van der Waals surface area contributed by atoms with Crippen LogP contribution < -0.4 is 60.9 Å². The first-order valence-electron chi connectivity index (χ1n) is 8.43. The van der Waals surface area contributed by atoms with E-state index < -0.39 is 21.1 Å². The van der Waals surface area contributed by atoms with E-state index in [1.165, 1.54) is 76.2 Å². The van der Waals surface area contributed by atoms with Crippen LogP contribution in [0.2, 0.25) is 0 Å². The van der Waals surface area contributed by atoms with Gasteiger partial charge in [0.2, 0.25) is 0 Å². The molecule has 0 radical (unpaired) electrons. The Hall–Kier alpha value is 0.830. The fourth-order valence-electron chi connectivity index (χ4n) is 2.46. The third-order valence-electron chi connectivity index (χ3n) is 3.66. The first-order chi connectivity index (χ1) is 10.7. The smallest absolute Gasteiger partial charge is 0.427 e. The maximum Gasteiger partial charge on any atom is 1.00 e. The maximum atomic E-state index is 8.57. The number of halogens is 1. The Labute approximate surface area is 173 Å². The second-order valence-electron chi connectivity index (χ2n) is 5.61. The molecule has 0 unspecified atom stereocenters. The molecule has 1 aromatic rings. The zero-order valence-electron chi connectivity index (χ0n) is 14.8. The van der Waals surface area contributed by atoms with Crippen LogP contribution in [0.3, 0.4) is 0 Å². The number of hydrogen-bond donors (Lipinski definition) is 0. The van der Waals surface area contributed by atoms with Crippen LogP contribution in [0.15, 0.2) is 30.3 Å². The average molecular weight is 444 g/mol. The molecule has 128 valence electrons. The summed E-state index contributed by atoms with van der Waals surface area (Å²) in [7, 11) is 0. The Morgan fingerprint density at radius 1 is 0.696 bits per heavy atom. The van der Waals surface area contributed by atoms with Gasteiger partial charge in [-0.3, -0.25) is 0 Å². The van der Waals surface area contributed by atoms with Gasteiger partial charge in [-0.15, -0.1) is 0 Å². The first-order valence-corrected chi connectivity index (χ1v) is 11.1. The third-order valence-corrected chi connectivity index (χ3v) is 3.66. The van der Waals surface area contributed by atoms with Gasteiger partial charge in [-0.25, -0.2) is 0 Å². The van der Waals surface area contributed by atoms with Gasteiger partial charge in [0.25, 0.3) is 21.1 Å². The van der Waals surface area contributed by atoms with E-state index in [9.17, 15) is 0 Å². The summed E-state index contributed by atoms with van der Waals surface area (Å²) >= 11 is -4.01. The van der Waals surface area contributed by atoms with Gasteiger partial charge in [0.15, 0.2) is 0 Å². The van der Waals surface area contributed by atoms with Gasteiger partial charge >= 0.3 is 29.6 Å². The van der Waals surface area contributed by atoms with Crippen molar-refractivity contribution in [1.82, 2.24) is 0 Å². The van der Waals surface area contributed by atoms with Crippen LogP contribution in [0.25, 0.3) is 0 Å². The van der Waals surface area contributed by atoms with E-state index >= 15 is 0 Å². The molecule has 0 aliphatic carbocycles. The van der Waals surface area contributed by atoms with E-state index in [1.807, 2.05) is 0 Å². The van der Waals surface area contributed by atoms with Crippen molar-refractivity contribution in [2.75, 3.05) is 0 Å². The van der Waals surface area contributed by atoms with Crippen molar-refractivity contribution in [3.05, 3.63) is 35.9 Å². The van der Waals surface area contributed by atoms with E-state index in [4.69, 9.17) is 10.3 Å². The molecule has 0 spiro atoms. The topological polar surface area (TPSA) is 69.2 Å². The zero-order valence-corrected chi connectivity index (χ0v) is 18.9. The molecule has 0 N–H and O–H groups in total. The fraction of sp³-hybridized carbons (Fsp3) is 0.667. The van der Waals surface area contributed by atoms with Crippen LogP contribution in [0.1, 0.15) is 76.7 Å². The van der Waals surface area contributed by atoms with Gasteiger partial charge in [-0.1, -0.05) is 95.0 Å². The first kappa shape index (κ1) is 26.1. The molecule has 0 saturated carbocycles. The SMILES string of the molecule is CCCCCCCCCCCCc1ccccc1.[Na+].[O-][I+2]([O-])[O-]. The minimum Gasteiger partial charge on any atom is -0.427 e. The minimum atomic E-state index is -4.01. The largest absolute Gasteiger partial charge is 1.00 e. The van der Waals surface area contributed by atoms with Crippen molar-refractivity contribution in [1.29, 1.82) is 0 Å². The fourth-order valence-corrected chi connectivity index (χ4v) is 2.46. The van der Waals surface area contributed by atoms with Crippen molar-refractivity contribution in [3.63, 3.8) is 0 Å². The second-order valence-corrected chi connectivity index (χ2v) is 6.69. The number of benzene rings is 1. The second kappa shape index (κ2) is 20.9. The van der Waals surface area contributed by atoms with Crippen LogP contribution in [-0.4, -0.2) is 0 Å². The van der Waals surface area contributed by atoms with Crippen LogP contribution in [0.4, 0.5) is 0 Å². The van der Waals surface area contributed by atoms with Crippen molar-refractivity contribution < 1.29 is 60.9 Å². The molecule has 1 aromatic carbocycles. The summed E-state index contributed by atoms with van der Waals surface area (Å²) < 4.78 is 25.7. The summed E-state index contributed by atoms with van der Waals surface area (Å²) in [4.78, 5) is 0. The molecule has 3 nitrogen and oxygen atoms in total. The summed E-state index contributed by atoms with van der Waals surface area (Å²) in [6.45, 7) is 2.28. The van der Waals surface area contributed by atoms with Gasteiger partial charge in [-0.05, 0) is 18.4 Å². The minimum absolute atomic E-state index is 0. The average Bonchev–Trinajstić information content (AvgIpc) is 2.50. The number of aryl methyl sites for hydroxylation is 1.